The molecule has 4 aromatic rings. The van der Waals surface area contributed by atoms with Gasteiger partial charge in [0.2, 0.25) is 0 Å². The summed E-state index contributed by atoms with van der Waals surface area (Å²) in [5.41, 5.74) is 1.61. The summed E-state index contributed by atoms with van der Waals surface area (Å²) in [5.74, 6) is 0.00684. The molecule has 0 spiro atoms. The number of urea groups is 1. The quantitative estimate of drug-likeness (QED) is 0.282. The van der Waals surface area contributed by atoms with Gasteiger partial charge < -0.3 is 20.1 Å². The van der Waals surface area contributed by atoms with Gasteiger partial charge in [0.25, 0.3) is 0 Å². The fourth-order valence-electron chi connectivity index (χ4n) is 2.65. The Morgan fingerprint density at radius 2 is 1.94 bits per heavy atom. The number of hydrogen-bond donors (Lipinski definition) is 4. The second kappa shape index (κ2) is 10.6. The summed E-state index contributed by atoms with van der Waals surface area (Å²) in [4.78, 5) is 38.6. The van der Waals surface area contributed by atoms with Gasteiger partial charge in [-0.2, -0.15) is 0 Å². The van der Waals surface area contributed by atoms with E-state index in [1.54, 1.807) is 42.9 Å². The van der Waals surface area contributed by atoms with Crippen LogP contribution in [0.3, 0.4) is 0 Å². The van der Waals surface area contributed by atoms with Crippen LogP contribution in [0.15, 0.2) is 70.3 Å². The van der Waals surface area contributed by atoms with E-state index in [9.17, 15) is 9.59 Å². The Kier molecular flexibility index (Phi) is 7.17. The van der Waals surface area contributed by atoms with Crippen LogP contribution in [0.1, 0.15) is 5.82 Å². The van der Waals surface area contributed by atoms with Crippen molar-refractivity contribution in [2.45, 2.75) is 15.8 Å². The van der Waals surface area contributed by atoms with Gasteiger partial charge in [-0.15, -0.1) is 0 Å². The number of benzene rings is 1. The summed E-state index contributed by atoms with van der Waals surface area (Å²) in [5, 5.41) is 15.4. The van der Waals surface area contributed by atoms with Crippen LogP contribution in [0.2, 0.25) is 0 Å². The predicted molar refractivity (Wildman–Crippen MR) is 123 cm³/mol. The monoisotopic (exact) mass is 482 g/mol. The van der Waals surface area contributed by atoms with Crippen molar-refractivity contribution >= 4 is 40.2 Å². The van der Waals surface area contributed by atoms with Crippen LogP contribution in [0.5, 0.6) is 5.75 Å². The number of aliphatic carboxylic acids is 1. The Hall–Kier alpha value is -3.90. The standard InChI is InChI=1S/C21H18N6O4S2/c28-18(29)12-31-14-6-4-13(5-7-14)15-9-23-16(26-15)10-24-20(30)27-21-25-11-19(33-21)32-17-3-1-2-8-22-17/h1-9,11H,10,12H2,(H,23,26)(H,28,29)(H2,24,25,27,30). The Balaban J connectivity index is 1.26. The zero-order valence-corrected chi connectivity index (χ0v) is 18.7. The van der Waals surface area contributed by atoms with E-state index >= 15 is 0 Å². The Morgan fingerprint density at radius 1 is 1.09 bits per heavy atom. The van der Waals surface area contributed by atoms with Crippen molar-refractivity contribution in [3.05, 3.63) is 66.9 Å². The van der Waals surface area contributed by atoms with Crippen molar-refractivity contribution in [2.75, 3.05) is 11.9 Å². The molecule has 33 heavy (non-hydrogen) atoms. The summed E-state index contributed by atoms with van der Waals surface area (Å²) in [6.45, 7) is -0.195. The highest BCUT2D eigenvalue weighted by Crippen LogP contribution is 2.32. The molecule has 3 aromatic heterocycles. The van der Waals surface area contributed by atoms with Crippen molar-refractivity contribution < 1.29 is 19.4 Å². The number of carboxylic acid groups (broad SMARTS) is 1. The van der Waals surface area contributed by atoms with Gasteiger partial charge >= 0.3 is 12.0 Å². The maximum atomic E-state index is 12.2. The minimum absolute atomic E-state index is 0.201. The first kappa shape index (κ1) is 22.3. The molecule has 4 rings (SSSR count). The van der Waals surface area contributed by atoms with Gasteiger partial charge in [0.15, 0.2) is 11.7 Å². The lowest BCUT2D eigenvalue weighted by Crippen LogP contribution is -2.28. The molecule has 0 saturated heterocycles. The predicted octanol–water partition coefficient (Wildman–Crippen LogP) is 3.86. The van der Waals surface area contributed by atoms with Crippen molar-refractivity contribution in [3.63, 3.8) is 0 Å². The molecule has 0 fully saturated rings. The Morgan fingerprint density at radius 3 is 2.70 bits per heavy atom. The molecule has 0 saturated carbocycles. The number of carbonyl (C=O) groups is 2. The number of imidazole rings is 1. The maximum absolute atomic E-state index is 12.2. The molecule has 4 N–H and O–H groups in total. The first-order valence-electron chi connectivity index (χ1n) is 9.63. The third kappa shape index (κ3) is 6.54. The van der Waals surface area contributed by atoms with E-state index in [-0.39, 0.29) is 6.54 Å². The van der Waals surface area contributed by atoms with Gasteiger partial charge in [-0.25, -0.2) is 24.5 Å². The number of amides is 2. The summed E-state index contributed by atoms with van der Waals surface area (Å²) in [6, 6.07) is 12.2. The number of hydrogen-bond acceptors (Lipinski definition) is 8. The first-order chi connectivity index (χ1) is 16.0. The second-order valence-electron chi connectivity index (χ2n) is 6.51. The van der Waals surface area contributed by atoms with Crippen LogP contribution in [0.4, 0.5) is 9.93 Å². The van der Waals surface area contributed by atoms with E-state index in [1.165, 1.54) is 23.1 Å². The van der Waals surface area contributed by atoms with Crippen LogP contribution in [-0.2, 0) is 11.3 Å². The molecule has 12 heteroatoms. The van der Waals surface area contributed by atoms with Crippen molar-refractivity contribution in [3.8, 4) is 17.0 Å². The zero-order valence-electron chi connectivity index (χ0n) is 17.0. The van der Waals surface area contributed by atoms with E-state index in [0.29, 0.717) is 16.7 Å². The number of anilines is 1. The first-order valence-corrected chi connectivity index (χ1v) is 11.3. The zero-order chi connectivity index (χ0) is 23.0. The molecule has 1 aromatic carbocycles. The lowest BCUT2D eigenvalue weighted by Gasteiger charge is -2.04. The minimum Gasteiger partial charge on any atom is -0.482 e. The highest BCUT2D eigenvalue weighted by atomic mass is 32.2. The fourth-order valence-corrected chi connectivity index (χ4v) is 4.43. The van der Waals surface area contributed by atoms with E-state index < -0.39 is 18.6 Å². The number of nitrogens with zero attached hydrogens (tertiary/aromatic N) is 3. The van der Waals surface area contributed by atoms with Crippen LogP contribution >= 0.6 is 23.1 Å². The van der Waals surface area contributed by atoms with Crippen LogP contribution in [0.25, 0.3) is 11.3 Å². The number of nitrogens with one attached hydrogen (secondary N) is 3. The molecule has 0 radical (unpaired) electrons. The van der Waals surface area contributed by atoms with Gasteiger partial charge in [-0.05, 0) is 42.0 Å². The normalized spacial score (nSPS) is 10.5. The van der Waals surface area contributed by atoms with Crippen molar-refractivity contribution in [1.29, 1.82) is 0 Å². The van der Waals surface area contributed by atoms with Crippen LogP contribution in [-0.4, -0.2) is 43.6 Å². The Labute approximate surface area is 196 Å². The lowest BCUT2D eigenvalue weighted by atomic mass is 10.2. The summed E-state index contributed by atoms with van der Waals surface area (Å²) < 4.78 is 6.04. The molecule has 0 aliphatic heterocycles. The van der Waals surface area contributed by atoms with Gasteiger partial charge in [0.05, 0.1) is 28.8 Å². The van der Waals surface area contributed by atoms with E-state index in [0.717, 1.165) is 20.5 Å². The smallest absolute Gasteiger partial charge is 0.341 e. The molecule has 0 bridgehead atoms. The number of rotatable bonds is 9. The molecular formula is C21H18N6O4S2. The largest absolute Gasteiger partial charge is 0.482 e. The number of carbonyl (C=O) groups excluding carboxylic acids is 1. The van der Waals surface area contributed by atoms with Crippen LogP contribution in [0, 0.1) is 0 Å². The van der Waals surface area contributed by atoms with Crippen molar-refractivity contribution in [1.82, 2.24) is 25.3 Å². The number of pyridine rings is 1. The molecular weight excluding hydrogens is 464 g/mol. The molecule has 3 heterocycles. The van der Waals surface area contributed by atoms with Gasteiger partial charge in [0, 0.05) is 6.20 Å². The number of aromatic nitrogens is 4. The number of H-pyrrole nitrogens is 1. The van der Waals surface area contributed by atoms with Gasteiger partial charge in [0.1, 0.15) is 16.6 Å². The number of ether oxygens (including phenoxy) is 1. The van der Waals surface area contributed by atoms with E-state index in [1.807, 2.05) is 18.2 Å². The van der Waals surface area contributed by atoms with E-state index in [4.69, 9.17) is 9.84 Å². The Bertz CT molecular complexity index is 1230. The fraction of sp³-hybridized carbons (Fsp3) is 0.0952. The summed E-state index contributed by atoms with van der Waals surface area (Å²) in [7, 11) is 0. The van der Waals surface area contributed by atoms with E-state index in [2.05, 4.69) is 30.6 Å². The number of aromatic amines is 1. The highest BCUT2D eigenvalue weighted by molar-refractivity contribution is 8.01. The molecule has 0 unspecified atom stereocenters. The third-order valence-corrected chi connectivity index (χ3v) is 6.08. The molecule has 10 nitrogen and oxygen atoms in total. The average molecular weight is 483 g/mol. The second-order valence-corrected chi connectivity index (χ2v) is 8.86. The number of carboxylic acids is 1. The molecule has 0 aliphatic rings. The summed E-state index contributed by atoms with van der Waals surface area (Å²) >= 11 is 2.83. The molecule has 0 atom stereocenters. The molecule has 0 aliphatic carbocycles. The SMILES string of the molecule is O=C(O)COc1ccc(-c2cnc(CNC(=O)Nc3ncc(Sc4ccccn4)s3)[nH]2)cc1. The lowest BCUT2D eigenvalue weighted by molar-refractivity contribution is -0.139. The molecule has 2 amide bonds. The highest BCUT2D eigenvalue weighted by Gasteiger charge is 2.10. The van der Waals surface area contributed by atoms with Crippen LogP contribution < -0.4 is 15.4 Å². The third-order valence-electron chi connectivity index (χ3n) is 4.12. The van der Waals surface area contributed by atoms with Gasteiger partial charge in [-0.1, -0.05) is 29.2 Å². The number of thiazole rings is 1. The maximum Gasteiger partial charge on any atom is 0.341 e. The van der Waals surface area contributed by atoms with Gasteiger partial charge in [-0.3, -0.25) is 5.32 Å². The summed E-state index contributed by atoms with van der Waals surface area (Å²) in [6.07, 6.45) is 5.07. The minimum atomic E-state index is -1.03. The molecule has 168 valence electrons. The topological polar surface area (TPSA) is 142 Å². The average Bonchev–Trinajstić information content (AvgIpc) is 3.47. The van der Waals surface area contributed by atoms with Crippen molar-refractivity contribution in [2.24, 2.45) is 0 Å².